The van der Waals surface area contributed by atoms with Gasteiger partial charge in [0.1, 0.15) is 9.84 Å². The third kappa shape index (κ3) is 4.98. The monoisotopic (exact) mass is 233 g/mol. The van der Waals surface area contributed by atoms with Gasteiger partial charge in [-0.1, -0.05) is 19.8 Å². The molecule has 1 saturated carbocycles. The second-order valence-corrected chi connectivity index (χ2v) is 7.58. The molecule has 1 unspecified atom stereocenters. The Kier molecular flexibility index (Phi) is 4.18. The molecule has 1 fully saturated rings. The van der Waals surface area contributed by atoms with E-state index >= 15 is 0 Å². The Labute approximate surface area is 93.6 Å². The molecule has 0 aromatic heterocycles. The minimum atomic E-state index is -2.85. The number of nitrogens with one attached hydrogen (secondary N) is 1. The van der Waals surface area contributed by atoms with Crippen LogP contribution in [0, 0.1) is 5.41 Å². The Morgan fingerprint density at radius 2 is 1.87 bits per heavy atom. The van der Waals surface area contributed by atoms with Gasteiger partial charge >= 0.3 is 0 Å². The van der Waals surface area contributed by atoms with Gasteiger partial charge in [-0.2, -0.15) is 0 Å². The van der Waals surface area contributed by atoms with Crippen molar-refractivity contribution in [1.29, 1.82) is 0 Å². The molecular weight excluding hydrogens is 210 g/mol. The summed E-state index contributed by atoms with van der Waals surface area (Å²) in [4.78, 5) is 0. The van der Waals surface area contributed by atoms with Crippen LogP contribution < -0.4 is 5.32 Å². The van der Waals surface area contributed by atoms with Gasteiger partial charge in [0.25, 0.3) is 0 Å². The van der Waals surface area contributed by atoms with Crippen LogP contribution in [-0.4, -0.2) is 33.0 Å². The normalized spacial score (nSPS) is 22.9. The van der Waals surface area contributed by atoms with E-state index in [2.05, 4.69) is 12.2 Å². The quantitative estimate of drug-likeness (QED) is 0.784. The zero-order valence-electron chi connectivity index (χ0n) is 10.0. The number of sulfone groups is 1. The average Bonchev–Trinajstić information content (AvgIpc) is 2.47. The van der Waals surface area contributed by atoms with Crippen LogP contribution in [0.1, 0.15) is 39.5 Å². The zero-order chi connectivity index (χ0) is 11.5. The Hall–Kier alpha value is -0.0900. The fourth-order valence-corrected chi connectivity index (χ4v) is 3.37. The molecule has 3 nitrogen and oxygen atoms in total. The molecule has 1 aliphatic rings. The molecular formula is C11H23NO2S. The van der Waals surface area contributed by atoms with Crippen LogP contribution in [0.2, 0.25) is 0 Å². The maximum atomic E-state index is 11.1. The van der Waals surface area contributed by atoms with Gasteiger partial charge in [-0.15, -0.1) is 0 Å². The van der Waals surface area contributed by atoms with Gasteiger partial charge in [0.05, 0.1) is 5.75 Å². The number of hydrogen-bond donors (Lipinski definition) is 1. The summed E-state index contributed by atoms with van der Waals surface area (Å²) in [6.07, 6.45) is 6.47. The molecule has 90 valence electrons. The summed E-state index contributed by atoms with van der Waals surface area (Å²) in [6.45, 7) is 5.18. The lowest BCUT2D eigenvalue weighted by molar-refractivity contribution is 0.305. The van der Waals surface area contributed by atoms with E-state index in [9.17, 15) is 8.42 Å². The smallest absolute Gasteiger partial charge is 0.148 e. The first kappa shape index (κ1) is 13.0. The molecule has 0 spiro atoms. The van der Waals surface area contributed by atoms with Crippen LogP contribution in [0.5, 0.6) is 0 Å². The van der Waals surface area contributed by atoms with Gasteiger partial charge < -0.3 is 5.32 Å². The van der Waals surface area contributed by atoms with Crippen molar-refractivity contribution in [3.63, 3.8) is 0 Å². The SMILES string of the molecule is CC(CS(C)(=O)=O)NCC1(C)CCCC1. The lowest BCUT2D eigenvalue weighted by Crippen LogP contribution is -2.39. The van der Waals surface area contributed by atoms with Crippen LogP contribution in [0.4, 0.5) is 0 Å². The summed E-state index contributed by atoms with van der Waals surface area (Å²) in [7, 11) is -2.85. The average molecular weight is 233 g/mol. The Morgan fingerprint density at radius 3 is 2.33 bits per heavy atom. The van der Waals surface area contributed by atoms with Crippen molar-refractivity contribution in [2.24, 2.45) is 5.41 Å². The molecule has 0 saturated heterocycles. The topological polar surface area (TPSA) is 46.2 Å². The van der Waals surface area contributed by atoms with E-state index in [0.29, 0.717) is 5.41 Å². The lowest BCUT2D eigenvalue weighted by Gasteiger charge is -2.26. The van der Waals surface area contributed by atoms with E-state index in [1.54, 1.807) is 0 Å². The second kappa shape index (κ2) is 4.83. The van der Waals surface area contributed by atoms with Gasteiger partial charge in [-0.05, 0) is 25.2 Å². The molecule has 0 aromatic rings. The third-order valence-electron chi connectivity index (χ3n) is 3.24. The van der Waals surface area contributed by atoms with E-state index in [-0.39, 0.29) is 11.8 Å². The van der Waals surface area contributed by atoms with Crippen molar-refractivity contribution >= 4 is 9.84 Å². The van der Waals surface area contributed by atoms with E-state index in [1.807, 2.05) is 6.92 Å². The highest BCUT2D eigenvalue weighted by Gasteiger charge is 2.28. The summed E-state index contributed by atoms with van der Waals surface area (Å²) in [5, 5.41) is 3.34. The van der Waals surface area contributed by atoms with Crippen molar-refractivity contribution in [2.75, 3.05) is 18.6 Å². The lowest BCUT2D eigenvalue weighted by atomic mass is 9.89. The van der Waals surface area contributed by atoms with Crippen molar-refractivity contribution in [3.05, 3.63) is 0 Å². The van der Waals surface area contributed by atoms with Gasteiger partial charge in [0.15, 0.2) is 0 Å². The molecule has 0 radical (unpaired) electrons. The summed E-state index contributed by atoms with van der Waals surface area (Å²) in [6, 6.07) is 0.0671. The molecule has 0 heterocycles. The second-order valence-electron chi connectivity index (χ2n) is 5.39. The summed E-state index contributed by atoms with van der Waals surface area (Å²) in [5.41, 5.74) is 0.395. The van der Waals surface area contributed by atoms with Crippen LogP contribution in [0.25, 0.3) is 0 Å². The standard InChI is InChI=1S/C11H23NO2S/c1-10(8-15(3,13)14)12-9-11(2)6-4-5-7-11/h10,12H,4-9H2,1-3H3. The molecule has 1 aliphatic carbocycles. The maximum Gasteiger partial charge on any atom is 0.148 e. The molecule has 0 amide bonds. The fraction of sp³-hybridized carbons (Fsp3) is 1.00. The number of hydrogen-bond acceptors (Lipinski definition) is 3. The molecule has 0 aromatic carbocycles. The van der Waals surface area contributed by atoms with E-state index < -0.39 is 9.84 Å². The van der Waals surface area contributed by atoms with Crippen molar-refractivity contribution in [3.8, 4) is 0 Å². The zero-order valence-corrected chi connectivity index (χ0v) is 10.9. The first-order valence-electron chi connectivity index (χ1n) is 5.72. The Morgan fingerprint density at radius 1 is 1.33 bits per heavy atom. The highest BCUT2D eigenvalue weighted by molar-refractivity contribution is 7.90. The minimum absolute atomic E-state index is 0.0671. The molecule has 15 heavy (non-hydrogen) atoms. The van der Waals surface area contributed by atoms with Gasteiger partial charge in [-0.25, -0.2) is 8.42 Å². The van der Waals surface area contributed by atoms with Crippen LogP contribution in [0.15, 0.2) is 0 Å². The molecule has 0 aliphatic heterocycles. The fourth-order valence-electron chi connectivity index (χ4n) is 2.34. The molecule has 1 rings (SSSR count). The molecule has 0 bridgehead atoms. The van der Waals surface area contributed by atoms with E-state index in [4.69, 9.17) is 0 Å². The van der Waals surface area contributed by atoms with Crippen LogP contribution >= 0.6 is 0 Å². The molecule has 1 N–H and O–H groups in total. The van der Waals surface area contributed by atoms with Crippen molar-refractivity contribution < 1.29 is 8.42 Å². The highest BCUT2D eigenvalue weighted by atomic mass is 32.2. The van der Waals surface area contributed by atoms with Gasteiger partial charge in [0, 0.05) is 18.8 Å². The van der Waals surface area contributed by atoms with Crippen LogP contribution in [0.3, 0.4) is 0 Å². The molecule has 4 heteroatoms. The summed E-state index contributed by atoms with van der Waals surface area (Å²) < 4.78 is 22.2. The summed E-state index contributed by atoms with van der Waals surface area (Å²) in [5.74, 6) is 0.239. The first-order chi connectivity index (χ1) is 6.81. The third-order valence-corrected chi connectivity index (χ3v) is 4.35. The van der Waals surface area contributed by atoms with Gasteiger partial charge in [-0.3, -0.25) is 0 Å². The first-order valence-corrected chi connectivity index (χ1v) is 7.78. The molecule has 1 atom stereocenters. The minimum Gasteiger partial charge on any atom is -0.313 e. The Bertz CT molecular complexity index is 292. The van der Waals surface area contributed by atoms with Crippen molar-refractivity contribution in [1.82, 2.24) is 5.32 Å². The van der Waals surface area contributed by atoms with Gasteiger partial charge in [0.2, 0.25) is 0 Å². The number of rotatable bonds is 5. The van der Waals surface area contributed by atoms with Crippen molar-refractivity contribution in [2.45, 2.75) is 45.6 Å². The van der Waals surface area contributed by atoms with E-state index in [0.717, 1.165) is 6.54 Å². The van der Waals surface area contributed by atoms with Crippen LogP contribution in [-0.2, 0) is 9.84 Å². The highest BCUT2D eigenvalue weighted by Crippen LogP contribution is 2.36. The largest absolute Gasteiger partial charge is 0.313 e. The predicted octanol–water partition coefficient (Wildman–Crippen LogP) is 1.59. The maximum absolute atomic E-state index is 11.1. The summed E-state index contributed by atoms with van der Waals surface area (Å²) >= 11 is 0. The Balaban J connectivity index is 2.30. The predicted molar refractivity (Wildman–Crippen MR) is 63.8 cm³/mol. The van der Waals surface area contributed by atoms with E-state index in [1.165, 1.54) is 31.9 Å².